The second-order valence-corrected chi connectivity index (χ2v) is 5.43. The minimum atomic E-state index is 0.208. The van der Waals surface area contributed by atoms with Crippen molar-refractivity contribution < 1.29 is 4.74 Å². The Bertz CT molecular complexity index is 450. The molecule has 1 nitrogen and oxygen atoms in total. The Morgan fingerprint density at radius 3 is 1.60 bits per heavy atom. The number of rotatable bonds is 6. The van der Waals surface area contributed by atoms with E-state index in [-0.39, 0.29) is 12.2 Å². The van der Waals surface area contributed by atoms with Crippen LogP contribution in [0.1, 0.15) is 44.2 Å². The van der Waals surface area contributed by atoms with Gasteiger partial charge in [0.05, 0.1) is 12.2 Å². The van der Waals surface area contributed by atoms with E-state index in [4.69, 9.17) is 4.74 Å². The van der Waals surface area contributed by atoms with Gasteiger partial charge in [0.15, 0.2) is 0 Å². The summed E-state index contributed by atoms with van der Waals surface area (Å²) in [5, 5.41) is 0. The Labute approximate surface area is 122 Å². The maximum Gasteiger partial charge on any atom is 0.0685 e. The van der Waals surface area contributed by atoms with Gasteiger partial charge in [-0.05, 0) is 31.4 Å². The first-order valence-corrected chi connectivity index (χ1v) is 7.47. The van der Waals surface area contributed by atoms with Crippen molar-refractivity contribution in [1.29, 1.82) is 0 Å². The fourth-order valence-electron chi connectivity index (χ4n) is 2.70. The molecular formula is C19H24O. The summed E-state index contributed by atoms with van der Waals surface area (Å²) in [5.74, 6) is 0.296. The molecule has 20 heavy (non-hydrogen) atoms. The number of hydrogen-bond acceptors (Lipinski definition) is 1. The fourth-order valence-corrected chi connectivity index (χ4v) is 2.70. The molecule has 0 heterocycles. The first-order chi connectivity index (χ1) is 9.72. The van der Waals surface area contributed by atoms with Crippen LogP contribution < -0.4 is 0 Å². The van der Waals surface area contributed by atoms with Gasteiger partial charge in [0.25, 0.3) is 0 Å². The van der Waals surface area contributed by atoms with E-state index < -0.39 is 0 Å². The molecule has 1 unspecified atom stereocenters. The predicted molar refractivity (Wildman–Crippen MR) is 85.0 cm³/mol. The van der Waals surface area contributed by atoms with Crippen molar-refractivity contribution in [2.75, 3.05) is 0 Å². The maximum absolute atomic E-state index is 6.17. The maximum atomic E-state index is 6.17. The Balaban J connectivity index is 2.38. The molecule has 0 aliphatic rings. The lowest BCUT2D eigenvalue weighted by molar-refractivity contribution is -0.00312. The van der Waals surface area contributed by atoms with E-state index in [0.717, 1.165) is 6.42 Å². The van der Waals surface area contributed by atoms with E-state index in [9.17, 15) is 0 Å². The Kier molecular flexibility index (Phi) is 5.37. The molecule has 0 N–H and O–H groups in total. The summed E-state index contributed by atoms with van der Waals surface area (Å²) < 4.78 is 6.17. The molecule has 1 atom stereocenters. The molecule has 0 saturated carbocycles. The van der Waals surface area contributed by atoms with Crippen molar-refractivity contribution in [2.24, 2.45) is 0 Å². The smallest absolute Gasteiger partial charge is 0.0685 e. The highest BCUT2D eigenvalue weighted by atomic mass is 16.5. The molecule has 2 aromatic rings. The summed E-state index contributed by atoms with van der Waals surface area (Å²) in [6, 6.07) is 21.3. The van der Waals surface area contributed by atoms with Crippen LogP contribution in [-0.2, 0) is 4.74 Å². The molecule has 0 fully saturated rings. The van der Waals surface area contributed by atoms with Crippen LogP contribution in [0.4, 0.5) is 0 Å². The average molecular weight is 268 g/mol. The molecule has 0 spiro atoms. The number of ether oxygens (including phenoxy) is 1. The lowest BCUT2D eigenvalue weighted by Gasteiger charge is -2.29. The van der Waals surface area contributed by atoms with Gasteiger partial charge in [0.2, 0.25) is 0 Å². The van der Waals surface area contributed by atoms with Crippen molar-refractivity contribution in [2.45, 2.75) is 45.3 Å². The number of hydrogen-bond donors (Lipinski definition) is 0. The van der Waals surface area contributed by atoms with Gasteiger partial charge in [-0.2, -0.15) is 0 Å². The van der Waals surface area contributed by atoms with Gasteiger partial charge < -0.3 is 4.74 Å². The van der Waals surface area contributed by atoms with Crippen LogP contribution >= 0.6 is 0 Å². The summed E-state index contributed by atoms with van der Waals surface area (Å²) in [6.45, 7) is 6.41. The van der Waals surface area contributed by atoms with E-state index in [1.807, 2.05) is 0 Å². The van der Waals surface area contributed by atoms with Crippen LogP contribution in [0.25, 0.3) is 0 Å². The lowest BCUT2D eigenvalue weighted by Crippen LogP contribution is -2.25. The first kappa shape index (κ1) is 14.8. The largest absolute Gasteiger partial charge is 0.375 e. The lowest BCUT2D eigenvalue weighted by atomic mass is 9.85. The molecule has 2 aromatic carbocycles. The summed E-state index contributed by atoms with van der Waals surface area (Å²) >= 11 is 0. The van der Waals surface area contributed by atoms with E-state index in [1.165, 1.54) is 11.1 Å². The standard InChI is InChI=1S/C19H24O/c1-4-18(20-15(2)3)19(16-11-7-5-8-12-16)17-13-9-6-10-14-17/h5-15,18-19H,4H2,1-3H3. The third-order valence-corrected chi connectivity index (χ3v) is 3.54. The zero-order chi connectivity index (χ0) is 14.4. The average Bonchev–Trinajstić information content (AvgIpc) is 2.48. The van der Waals surface area contributed by atoms with E-state index >= 15 is 0 Å². The van der Waals surface area contributed by atoms with Crippen molar-refractivity contribution >= 4 is 0 Å². The Hall–Kier alpha value is -1.60. The molecular weight excluding hydrogens is 244 g/mol. The second kappa shape index (κ2) is 7.25. The molecule has 1 heteroatoms. The molecule has 0 aliphatic heterocycles. The molecule has 0 radical (unpaired) electrons. The SMILES string of the molecule is CCC(OC(C)C)C(c1ccccc1)c1ccccc1. The zero-order valence-corrected chi connectivity index (χ0v) is 12.6. The van der Waals surface area contributed by atoms with Crippen molar-refractivity contribution in [3.63, 3.8) is 0 Å². The van der Waals surface area contributed by atoms with Crippen molar-refractivity contribution in [3.8, 4) is 0 Å². The van der Waals surface area contributed by atoms with Crippen LogP contribution in [0.3, 0.4) is 0 Å². The molecule has 0 aliphatic carbocycles. The third-order valence-electron chi connectivity index (χ3n) is 3.54. The van der Waals surface area contributed by atoms with E-state index in [1.54, 1.807) is 0 Å². The van der Waals surface area contributed by atoms with Gasteiger partial charge in [-0.25, -0.2) is 0 Å². The zero-order valence-electron chi connectivity index (χ0n) is 12.6. The van der Waals surface area contributed by atoms with Crippen molar-refractivity contribution in [1.82, 2.24) is 0 Å². The van der Waals surface area contributed by atoms with Crippen LogP contribution in [0.5, 0.6) is 0 Å². The van der Waals surface area contributed by atoms with Crippen LogP contribution in [0, 0.1) is 0 Å². The van der Waals surface area contributed by atoms with Gasteiger partial charge in [-0.3, -0.25) is 0 Å². The van der Waals surface area contributed by atoms with Crippen molar-refractivity contribution in [3.05, 3.63) is 71.8 Å². The summed E-state index contributed by atoms with van der Waals surface area (Å²) in [7, 11) is 0. The minimum absolute atomic E-state index is 0.208. The van der Waals surface area contributed by atoms with Gasteiger partial charge >= 0.3 is 0 Å². The van der Waals surface area contributed by atoms with Crippen LogP contribution in [-0.4, -0.2) is 12.2 Å². The van der Waals surface area contributed by atoms with Crippen LogP contribution in [0.15, 0.2) is 60.7 Å². The second-order valence-electron chi connectivity index (χ2n) is 5.43. The molecule has 2 rings (SSSR count). The number of benzene rings is 2. The first-order valence-electron chi connectivity index (χ1n) is 7.47. The van der Waals surface area contributed by atoms with Crippen LogP contribution in [0.2, 0.25) is 0 Å². The van der Waals surface area contributed by atoms with Gasteiger partial charge in [0, 0.05) is 5.92 Å². The summed E-state index contributed by atoms with van der Waals surface area (Å²) in [4.78, 5) is 0. The molecule has 0 saturated heterocycles. The molecule has 106 valence electrons. The Morgan fingerprint density at radius 1 is 0.800 bits per heavy atom. The highest BCUT2D eigenvalue weighted by molar-refractivity contribution is 5.33. The monoisotopic (exact) mass is 268 g/mol. The van der Waals surface area contributed by atoms with Gasteiger partial charge in [0.1, 0.15) is 0 Å². The normalized spacial score (nSPS) is 12.8. The quantitative estimate of drug-likeness (QED) is 0.714. The Morgan fingerprint density at radius 2 is 1.25 bits per heavy atom. The minimum Gasteiger partial charge on any atom is -0.375 e. The summed E-state index contributed by atoms with van der Waals surface area (Å²) in [6.07, 6.45) is 1.46. The molecule has 0 bridgehead atoms. The predicted octanol–water partition coefficient (Wildman–Crippen LogP) is 5.02. The topological polar surface area (TPSA) is 9.23 Å². The highest BCUT2D eigenvalue weighted by Crippen LogP contribution is 2.31. The van der Waals surface area contributed by atoms with E-state index in [0.29, 0.717) is 5.92 Å². The van der Waals surface area contributed by atoms with E-state index in [2.05, 4.69) is 81.4 Å². The third kappa shape index (κ3) is 3.71. The summed E-state index contributed by atoms with van der Waals surface area (Å²) in [5.41, 5.74) is 2.65. The van der Waals surface area contributed by atoms with Gasteiger partial charge in [-0.1, -0.05) is 67.6 Å². The van der Waals surface area contributed by atoms with Gasteiger partial charge in [-0.15, -0.1) is 0 Å². The highest BCUT2D eigenvalue weighted by Gasteiger charge is 2.24. The molecule has 0 aromatic heterocycles. The molecule has 0 amide bonds. The fraction of sp³-hybridized carbons (Fsp3) is 0.368.